The highest BCUT2D eigenvalue weighted by Gasteiger charge is 2.29. The van der Waals surface area contributed by atoms with Crippen LogP contribution in [0.1, 0.15) is 64.2 Å². The minimum atomic E-state index is 0. The van der Waals surface area contributed by atoms with Crippen molar-refractivity contribution < 1.29 is 0 Å². The maximum absolute atomic E-state index is 6.64. The SMILES string of the molecule is ClC(C1CCCCC1)C1CCCCC1.[B]. The highest BCUT2D eigenvalue weighted by molar-refractivity contribution is 6.21. The second-order valence-corrected chi connectivity index (χ2v) is 5.74. The molecule has 15 heavy (non-hydrogen) atoms. The van der Waals surface area contributed by atoms with Crippen molar-refractivity contribution in [2.24, 2.45) is 11.8 Å². The van der Waals surface area contributed by atoms with Crippen molar-refractivity contribution in [1.29, 1.82) is 0 Å². The second-order valence-electron chi connectivity index (χ2n) is 5.24. The Kier molecular flexibility index (Phi) is 6.11. The number of hydrogen-bond donors (Lipinski definition) is 0. The highest BCUT2D eigenvalue weighted by atomic mass is 35.5. The molecule has 2 aliphatic carbocycles. The smallest absolute Gasteiger partial charge is 0.0392 e. The Labute approximate surface area is 102 Å². The third-order valence-corrected chi connectivity index (χ3v) is 4.91. The molecule has 85 valence electrons. The molecule has 2 saturated carbocycles. The van der Waals surface area contributed by atoms with E-state index in [0.29, 0.717) is 5.38 Å². The van der Waals surface area contributed by atoms with Gasteiger partial charge in [-0.15, -0.1) is 11.6 Å². The molecule has 2 fully saturated rings. The van der Waals surface area contributed by atoms with Crippen LogP contribution in [0.4, 0.5) is 0 Å². The van der Waals surface area contributed by atoms with Crippen molar-refractivity contribution in [2.75, 3.05) is 0 Å². The van der Waals surface area contributed by atoms with Gasteiger partial charge in [0, 0.05) is 13.8 Å². The number of rotatable bonds is 2. The van der Waals surface area contributed by atoms with Gasteiger partial charge in [0.1, 0.15) is 0 Å². The van der Waals surface area contributed by atoms with Gasteiger partial charge in [-0.1, -0.05) is 38.5 Å². The van der Waals surface area contributed by atoms with E-state index in [0.717, 1.165) is 11.8 Å². The van der Waals surface area contributed by atoms with E-state index in [1.165, 1.54) is 64.2 Å². The summed E-state index contributed by atoms with van der Waals surface area (Å²) in [5.74, 6) is 1.71. The fraction of sp³-hybridized carbons (Fsp3) is 1.00. The maximum atomic E-state index is 6.64. The van der Waals surface area contributed by atoms with E-state index >= 15 is 0 Å². The predicted molar refractivity (Wildman–Crippen MR) is 68.5 cm³/mol. The lowest BCUT2D eigenvalue weighted by atomic mass is 9.77. The van der Waals surface area contributed by atoms with Gasteiger partial charge in [0.05, 0.1) is 0 Å². The normalized spacial score (nSPS) is 25.2. The minimum Gasteiger partial charge on any atom is -0.122 e. The van der Waals surface area contributed by atoms with Crippen LogP contribution in [0.3, 0.4) is 0 Å². The molecule has 0 heterocycles. The van der Waals surface area contributed by atoms with Crippen molar-refractivity contribution >= 4 is 20.0 Å². The molecule has 2 aliphatic rings. The van der Waals surface area contributed by atoms with Crippen molar-refractivity contribution in [3.63, 3.8) is 0 Å². The number of alkyl halides is 1. The molecule has 2 heteroatoms. The van der Waals surface area contributed by atoms with Gasteiger partial charge in [0.25, 0.3) is 0 Å². The zero-order chi connectivity index (χ0) is 9.80. The van der Waals surface area contributed by atoms with Crippen molar-refractivity contribution in [2.45, 2.75) is 69.6 Å². The maximum Gasteiger partial charge on any atom is 0.0392 e. The molecule has 2 rings (SSSR count). The average molecular weight is 226 g/mol. The topological polar surface area (TPSA) is 0 Å². The van der Waals surface area contributed by atoms with Gasteiger partial charge in [-0.05, 0) is 37.5 Å². The molecule has 0 bridgehead atoms. The Morgan fingerprint density at radius 3 is 1.33 bits per heavy atom. The number of hydrogen-bond acceptors (Lipinski definition) is 0. The van der Waals surface area contributed by atoms with Crippen LogP contribution in [0, 0.1) is 11.8 Å². The summed E-state index contributed by atoms with van der Waals surface area (Å²) in [4.78, 5) is 0. The molecular formula is C13H23BCl. The predicted octanol–water partition coefficient (Wildman–Crippen LogP) is 4.37. The van der Waals surface area contributed by atoms with Crippen molar-refractivity contribution in [1.82, 2.24) is 0 Å². The van der Waals surface area contributed by atoms with Gasteiger partial charge in [0.15, 0.2) is 0 Å². The molecule has 0 aromatic heterocycles. The lowest BCUT2D eigenvalue weighted by Crippen LogP contribution is -2.27. The monoisotopic (exact) mass is 225 g/mol. The average Bonchev–Trinajstić information content (AvgIpc) is 2.30. The molecule has 0 amide bonds. The number of halogens is 1. The van der Waals surface area contributed by atoms with Crippen LogP contribution in [0.5, 0.6) is 0 Å². The van der Waals surface area contributed by atoms with E-state index in [1.807, 2.05) is 0 Å². The molecule has 3 radical (unpaired) electrons. The Morgan fingerprint density at radius 1 is 0.667 bits per heavy atom. The van der Waals surface area contributed by atoms with Gasteiger partial charge >= 0.3 is 0 Å². The van der Waals surface area contributed by atoms with Crippen LogP contribution in [-0.4, -0.2) is 13.8 Å². The molecule has 0 saturated heterocycles. The third-order valence-electron chi connectivity index (χ3n) is 4.20. The van der Waals surface area contributed by atoms with Gasteiger partial charge in [0.2, 0.25) is 0 Å². The zero-order valence-electron chi connectivity index (χ0n) is 9.76. The van der Waals surface area contributed by atoms with Crippen molar-refractivity contribution in [3.05, 3.63) is 0 Å². The second kappa shape index (κ2) is 6.83. The quantitative estimate of drug-likeness (QED) is 0.483. The first-order valence-corrected chi connectivity index (χ1v) is 6.95. The standard InChI is InChI=1S/C13H23Cl.B/c14-13(11-7-3-1-4-8-11)12-9-5-2-6-10-12;/h11-13H,1-10H2;. The Bertz CT molecular complexity index is 142. The molecule has 0 nitrogen and oxygen atoms in total. The fourth-order valence-electron chi connectivity index (χ4n) is 3.29. The molecule has 0 spiro atoms. The van der Waals surface area contributed by atoms with E-state index in [9.17, 15) is 0 Å². The summed E-state index contributed by atoms with van der Waals surface area (Å²) in [5.41, 5.74) is 0. The first-order chi connectivity index (χ1) is 6.88. The summed E-state index contributed by atoms with van der Waals surface area (Å²) >= 11 is 6.64. The van der Waals surface area contributed by atoms with Gasteiger partial charge in [-0.3, -0.25) is 0 Å². The van der Waals surface area contributed by atoms with Gasteiger partial charge in [-0.25, -0.2) is 0 Å². The van der Waals surface area contributed by atoms with E-state index in [2.05, 4.69) is 0 Å². The summed E-state index contributed by atoms with van der Waals surface area (Å²) < 4.78 is 0. The van der Waals surface area contributed by atoms with Crippen molar-refractivity contribution in [3.8, 4) is 0 Å². The first kappa shape index (κ1) is 13.4. The van der Waals surface area contributed by atoms with Crippen LogP contribution in [0.15, 0.2) is 0 Å². The summed E-state index contributed by atoms with van der Waals surface area (Å²) in [6.45, 7) is 0. The Hall–Kier alpha value is 0.355. The summed E-state index contributed by atoms with van der Waals surface area (Å²) in [6, 6.07) is 0. The van der Waals surface area contributed by atoms with Crippen LogP contribution in [-0.2, 0) is 0 Å². The fourth-order valence-corrected chi connectivity index (χ4v) is 3.79. The summed E-state index contributed by atoms with van der Waals surface area (Å²) in [7, 11) is 0. The minimum absolute atomic E-state index is 0. The molecule has 0 unspecified atom stereocenters. The first-order valence-electron chi connectivity index (χ1n) is 6.52. The van der Waals surface area contributed by atoms with Crippen LogP contribution in [0.2, 0.25) is 0 Å². The van der Waals surface area contributed by atoms with Gasteiger partial charge in [-0.2, -0.15) is 0 Å². The van der Waals surface area contributed by atoms with E-state index < -0.39 is 0 Å². The molecular weight excluding hydrogens is 202 g/mol. The zero-order valence-corrected chi connectivity index (χ0v) is 10.5. The molecule has 0 aliphatic heterocycles. The van der Waals surface area contributed by atoms with E-state index in [-0.39, 0.29) is 8.41 Å². The Balaban J connectivity index is 0.00000112. The molecule has 0 aromatic carbocycles. The highest BCUT2D eigenvalue weighted by Crippen LogP contribution is 2.38. The summed E-state index contributed by atoms with van der Waals surface area (Å²) in [5, 5.41) is 0.510. The lowest BCUT2D eigenvalue weighted by Gasteiger charge is -2.33. The van der Waals surface area contributed by atoms with Crippen LogP contribution >= 0.6 is 11.6 Å². The lowest BCUT2D eigenvalue weighted by molar-refractivity contribution is 0.251. The summed E-state index contributed by atoms with van der Waals surface area (Å²) in [6.07, 6.45) is 14.3. The van der Waals surface area contributed by atoms with E-state index in [1.54, 1.807) is 0 Å². The van der Waals surface area contributed by atoms with Crippen LogP contribution in [0.25, 0.3) is 0 Å². The molecule has 0 aromatic rings. The van der Waals surface area contributed by atoms with Crippen LogP contribution < -0.4 is 0 Å². The largest absolute Gasteiger partial charge is 0.122 e. The molecule has 0 atom stereocenters. The molecule has 0 N–H and O–H groups in total. The Morgan fingerprint density at radius 2 is 1.00 bits per heavy atom. The van der Waals surface area contributed by atoms with Gasteiger partial charge < -0.3 is 0 Å². The third kappa shape index (κ3) is 3.69. The van der Waals surface area contributed by atoms with E-state index in [4.69, 9.17) is 11.6 Å².